The fourth-order valence-electron chi connectivity index (χ4n) is 0. The molecular formula is H7NO3. The predicted molar refractivity (Wildman–Crippen MR) is 13.2 cm³/mol. The van der Waals surface area contributed by atoms with E-state index in [0.717, 1.165) is 0 Å². The molecule has 0 saturated heterocycles. The van der Waals surface area contributed by atoms with Gasteiger partial charge >= 0.3 is 0 Å². The van der Waals surface area contributed by atoms with Gasteiger partial charge in [-0.1, -0.05) is 0 Å². The van der Waals surface area contributed by atoms with Crippen LogP contribution in [0.2, 0.25) is 0 Å². The van der Waals surface area contributed by atoms with Gasteiger partial charge in [-0.25, -0.2) is 0 Å². The Bertz CT molecular complexity index is 3.25. The number of rotatable bonds is 0. The van der Waals surface area contributed by atoms with Crippen LogP contribution in [0.3, 0.4) is 0 Å². The fourth-order valence-corrected chi connectivity index (χ4v) is 0. The second-order valence-electron chi connectivity index (χ2n) is 0. The normalized spacial score (nSPS) is 1.50. The molecule has 0 aliphatic carbocycles. The molecule has 0 heterocycles. The molecular weight excluding hydrogens is 62.0 g/mol. The number of hydrogen-bond donors (Lipinski definition) is 3. The van der Waals surface area contributed by atoms with Crippen LogP contribution in [-0.4, -0.2) is 16.0 Å². The first-order valence-electron chi connectivity index (χ1n) is 0.200. The highest BCUT2D eigenvalue weighted by molar-refractivity contribution is 2.13. The molecule has 4 nitrogen and oxygen atoms in total. The second kappa shape index (κ2) is 376. The van der Waals surface area contributed by atoms with E-state index in [4.69, 9.17) is 10.5 Å². The zero-order chi connectivity index (χ0) is 2.00. The first-order chi connectivity index (χ1) is 1.00. The van der Waals surface area contributed by atoms with Crippen LogP contribution in [-0.2, 0) is 0 Å². The van der Waals surface area contributed by atoms with E-state index in [0.29, 0.717) is 0 Å². The smallest absolute Gasteiger partial charge is 0.255 e. The topological polar surface area (TPSA) is 107 Å². The zero-order valence-electron chi connectivity index (χ0n) is 2.34. The van der Waals surface area contributed by atoms with Crippen LogP contribution in [0.25, 0.3) is 0 Å². The molecule has 0 fully saturated rings. The molecule has 0 aromatic carbocycles. The van der Waals surface area contributed by atoms with Gasteiger partial charge in [-0.15, -0.1) is 0 Å². The maximum atomic E-state index is 6.00. The number of hydrogen-bond acceptors (Lipinski definition) is 3. The molecule has 0 atom stereocenters. The van der Waals surface area contributed by atoms with Crippen molar-refractivity contribution in [2.75, 3.05) is 0 Å². The van der Waals surface area contributed by atoms with Crippen molar-refractivity contribution in [3.8, 4) is 0 Å². The minimum absolute atomic E-state index is 0. The minimum atomic E-state index is 0. The minimum Gasteiger partial charge on any atom is -0.870 e. The van der Waals surface area contributed by atoms with Crippen molar-refractivity contribution in [3.05, 3.63) is 0 Å². The molecule has 0 radical (unpaired) electrons. The van der Waals surface area contributed by atoms with Gasteiger partial charge in [-0.3, -0.25) is 10.5 Å². The summed E-state index contributed by atoms with van der Waals surface area (Å²) in [6.45, 7) is 0. The van der Waals surface area contributed by atoms with Crippen LogP contribution in [0.4, 0.5) is 0 Å². The van der Waals surface area contributed by atoms with E-state index in [1.807, 2.05) is 0 Å². The van der Waals surface area contributed by atoms with Crippen LogP contribution in [0, 0.1) is 0 Å². The molecule has 0 aliphatic heterocycles. The molecule has 0 unspecified atom stereocenters. The van der Waals surface area contributed by atoms with Crippen LogP contribution in [0.5, 0.6) is 0 Å². The number of quaternary nitrogens is 1. The Kier molecular flexibility index (Phi) is 4120. The Labute approximate surface area is 23.5 Å². The lowest BCUT2D eigenvalue weighted by Gasteiger charge is -1.25. The molecule has 0 bridgehead atoms. The summed E-state index contributed by atoms with van der Waals surface area (Å²) in [4.78, 5) is 0. The van der Waals surface area contributed by atoms with Gasteiger partial charge in [0.15, 0.2) is 0 Å². The van der Waals surface area contributed by atoms with E-state index in [1.54, 1.807) is 0 Å². The molecule has 7 N–H and O–H groups in total. The van der Waals surface area contributed by atoms with Gasteiger partial charge in [0.1, 0.15) is 0 Å². The third-order valence-electron chi connectivity index (χ3n) is 0. The maximum absolute atomic E-state index is 6.00. The van der Waals surface area contributed by atoms with E-state index >= 15 is 0 Å². The summed E-state index contributed by atoms with van der Waals surface area (Å²) in [5, 5.41) is 12.0. The van der Waals surface area contributed by atoms with Crippen molar-refractivity contribution in [2.24, 2.45) is 0 Å². The van der Waals surface area contributed by atoms with Crippen molar-refractivity contribution in [3.63, 3.8) is 0 Å². The standard InChI is InChI=1S/H3N.H2O2.H2O/c;1-2;/h1H3;1-2H;1H2. The van der Waals surface area contributed by atoms with Crippen LogP contribution >= 0.6 is 0 Å². The molecule has 0 rings (SSSR count). The van der Waals surface area contributed by atoms with E-state index < -0.39 is 0 Å². The summed E-state index contributed by atoms with van der Waals surface area (Å²) in [6.07, 6.45) is 0. The summed E-state index contributed by atoms with van der Waals surface area (Å²) >= 11 is 0. The molecule has 0 aromatic heterocycles. The first kappa shape index (κ1) is 43.9. The van der Waals surface area contributed by atoms with Gasteiger partial charge in [-0.05, 0) is 0 Å². The van der Waals surface area contributed by atoms with Gasteiger partial charge in [0.2, 0.25) is 0 Å². The van der Waals surface area contributed by atoms with Crippen molar-refractivity contribution >= 4 is 0 Å². The van der Waals surface area contributed by atoms with Gasteiger partial charge in [0.25, 0.3) is 0 Å². The molecule has 0 spiro atoms. The van der Waals surface area contributed by atoms with Crippen molar-refractivity contribution in [2.45, 2.75) is 0 Å². The highest BCUT2D eigenvalue weighted by Crippen LogP contribution is 0.711. The van der Waals surface area contributed by atoms with Gasteiger partial charge < -0.3 is 11.6 Å². The maximum Gasteiger partial charge on any atom is -0.255 e. The Balaban J connectivity index is -0.00000000500. The molecule has 0 saturated carbocycles. The third kappa shape index (κ3) is 50.7. The second-order valence-corrected chi connectivity index (χ2v) is 0. The summed E-state index contributed by atoms with van der Waals surface area (Å²) < 4.78 is 0. The van der Waals surface area contributed by atoms with Crippen LogP contribution < -0.4 is 6.15 Å². The summed E-state index contributed by atoms with van der Waals surface area (Å²) in [6, 6.07) is 0. The lowest BCUT2D eigenvalue weighted by Crippen LogP contribution is -1.29. The van der Waals surface area contributed by atoms with Gasteiger partial charge in [0, 0.05) is 0 Å². The van der Waals surface area contributed by atoms with Crippen molar-refractivity contribution < 1.29 is 16.0 Å². The molecule has 0 aromatic rings. The average Bonchev–Trinajstić information content (AvgIpc) is 1.00. The average molecular weight is 69.1 g/mol. The van der Waals surface area contributed by atoms with Gasteiger partial charge in [0.05, 0.1) is 0 Å². The van der Waals surface area contributed by atoms with Crippen LogP contribution in [0.1, 0.15) is 0 Å². The highest BCUT2D eigenvalue weighted by Gasteiger charge is 0.745. The molecule has 4 heavy (non-hydrogen) atoms. The summed E-state index contributed by atoms with van der Waals surface area (Å²) in [7, 11) is 0. The monoisotopic (exact) mass is 69.0 g/mol. The van der Waals surface area contributed by atoms with Crippen LogP contribution in [0.15, 0.2) is 0 Å². The highest BCUT2D eigenvalue weighted by atomic mass is 17.0. The largest absolute Gasteiger partial charge is 0.870 e. The summed E-state index contributed by atoms with van der Waals surface area (Å²) in [5.41, 5.74) is 0. The van der Waals surface area contributed by atoms with E-state index in [9.17, 15) is 0 Å². The molecule has 30 valence electrons. The summed E-state index contributed by atoms with van der Waals surface area (Å²) in [5.74, 6) is 0. The van der Waals surface area contributed by atoms with Crippen molar-refractivity contribution in [1.82, 2.24) is 6.15 Å². The SMILES string of the molecule is OO.[NH4+].[OH-]. The Morgan fingerprint density at radius 2 is 1.00 bits per heavy atom. The quantitative estimate of drug-likeness (QED) is 0.279. The molecule has 0 aliphatic rings. The van der Waals surface area contributed by atoms with Crippen molar-refractivity contribution in [1.29, 1.82) is 0 Å². The zero-order valence-corrected chi connectivity index (χ0v) is 2.34. The van der Waals surface area contributed by atoms with E-state index in [-0.39, 0.29) is 11.6 Å². The lowest BCUT2D eigenvalue weighted by molar-refractivity contribution is -0.176. The third-order valence-corrected chi connectivity index (χ3v) is 0. The Hall–Kier alpha value is -0.160. The van der Waals surface area contributed by atoms with E-state index in [2.05, 4.69) is 0 Å². The Morgan fingerprint density at radius 1 is 1.00 bits per heavy atom. The first-order valence-corrected chi connectivity index (χ1v) is 0.200. The lowest BCUT2D eigenvalue weighted by atomic mass is 14.0. The predicted octanol–water partition coefficient (Wildman–Crippen LogP) is 0.217. The van der Waals surface area contributed by atoms with E-state index in [1.165, 1.54) is 0 Å². The molecule has 0 amide bonds. The fraction of sp³-hybridized carbons (Fsp3) is 0. The van der Waals surface area contributed by atoms with Gasteiger partial charge in [-0.2, -0.15) is 0 Å². The molecule has 4 heteroatoms. The Morgan fingerprint density at radius 3 is 1.00 bits per heavy atom.